The third kappa shape index (κ3) is 4.82. The van der Waals surface area contributed by atoms with Crippen LogP contribution in [0.1, 0.15) is 30.6 Å². The lowest BCUT2D eigenvalue weighted by molar-refractivity contribution is 0.132. The Morgan fingerprint density at radius 3 is 2.67 bits per heavy atom. The van der Waals surface area contributed by atoms with Crippen LogP contribution in [0.25, 0.3) is 0 Å². The molecule has 0 aliphatic carbocycles. The number of carbonyl (C=O) groups excluding carboxylic acids is 1. The number of carbonyl (C=O) groups is 1. The standard InChI is InChI=1S/C21H27N3O2S/c25-21(24-13-3-5-18(15-24)23-11-1-2-12-23)22-17-7-9-19(10-8-17)26-16-20-6-4-14-27-20/h4,6-10,14,18H,1-3,5,11-13,15-16H2,(H,22,25)/t18-/m1/s1. The van der Waals surface area contributed by atoms with E-state index >= 15 is 0 Å². The van der Waals surface area contributed by atoms with Gasteiger partial charge in [0, 0.05) is 29.7 Å². The highest BCUT2D eigenvalue weighted by Gasteiger charge is 2.29. The smallest absolute Gasteiger partial charge is 0.321 e. The Morgan fingerprint density at radius 1 is 1.11 bits per heavy atom. The Kier molecular flexibility index (Phi) is 5.94. The second-order valence-corrected chi connectivity index (χ2v) is 8.34. The number of thiophene rings is 1. The molecule has 2 saturated heterocycles. The number of likely N-dealkylation sites (tertiary alicyclic amines) is 2. The summed E-state index contributed by atoms with van der Waals surface area (Å²) in [5.41, 5.74) is 0.812. The first-order valence-corrected chi connectivity index (χ1v) is 10.7. The third-order valence-electron chi connectivity index (χ3n) is 5.41. The molecule has 0 unspecified atom stereocenters. The van der Waals surface area contributed by atoms with E-state index in [9.17, 15) is 4.79 Å². The minimum atomic E-state index is 0.00570. The van der Waals surface area contributed by atoms with Crippen LogP contribution in [0.3, 0.4) is 0 Å². The topological polar surface area (TPSA) is 44.8 Å². The summed E-state index contributed by atoms with van der Waals surface area (Å²) < 4.78 is 5.78. The number of benzene rings is 1. The van der Waals surface area contributed by atoms with E-state index in [4.69, 9.17) is 4.74 Å². The lowest BCUT2D eigenvalue weighted by Crippen LogP contribution is -2.50. The van der Waals surface area contributed by atoms with Gasteiger partial charge in [0.05, 0.1) is 0 Å². The van der Waals surface area contributed by atoms with E-state index in [1.54, 1.807) is 11.3 Å². The first kappa shape index (κ1) is 18.3. The van der Waals surface area contributed by atoms with Crippen LogP contribution in [-0.2, 0) is 6.61 Å². The molecule has 2 fully saturated rings. The van der Waals surface area contributed by atoms with Gasteiger partial charge in [0.25, 0.3) is 0 Å². The van der Waals surface area contributed by atoms with Crippen LogP contribution in [0.4, 0.5) is 10.5 Å². The molecule has 0 bridgehead atoms. The van der Waals surface area contributed by atoms with Gasteiger partial charge in [-0.25, -0.2) is 4.79 Å². The molecule has 1 aromatic carbocycles. The van der Waals surface area contributed by atoms with E-state index in [0.29, 0.717) is 12.6 Å². The lowest BCUT2D eigenvalue weighted by atomic mass is 10.0. The molecule has 3 heterocycles. The molecule has 0 radical (unpaired) electrons. The molecule has 0 saturated carbocycles. The first-order valence-electron chi connectivity index (χ1n) is 9.83. The van der Waals surface area contributed by atoms with Crippen molar-refractivity contribution >= 4 is 23.1 Å². The number of amides is 2. The number of nitrogens with one attached hydrogen (secondary N) is 1. The number of nitrogens with zero attached hydrogens (tertiary/aromatic N) is 2. The molecule has 1 N–H and O–H groups in total. The van der Waals surface area contributed by atoms with E-state index in [1.807, 2.05) is 40.6 Å². The average molecular weight is 386 g/mol. The molecule has 2 aliphatic heterocycles. The van der Waals surface area contributed by atoms with E-state index in [-0.39, 0.29) is 6.03 Å². The molecular formula is C21H27N3O2S. The molecule has 6 heteroatoms. The van der Waals surface area contributed by atoms with Crippen molar-refractivity contribution in [3.8, 4) is 5.75 Å². The van der Waals surface area contributed by atoms with Gasteiger partial charge in [0.2, 0.25) is 0 Å². The highest BCUT2D eigenvalue weighted by molar-refractivity contribution is 7.09. The summed E-state index contributed by atoms with van der Waals surface area (Å²) in [5.74, 6) is 0.813. The van der Waals surface area contributed by atoms with Crippen molar-refractivity contribution in [1.29, 1.82) is 0 Å². The Bertz CT molecular complexity index is 726. The number of hydrogen-bond donors (Lipinski definition) is 1. The van der Waals surface area contributed by atoms with Gasteiger partial charge in [-0.1, -0.05) is 6.07 Å². The Hall–Kier alpha value is -2.05. The van der Waals surface area contributed by atoms with Crippen molar-refractivity contribution in [2.24, 2.45) is 0 Å². The van der Waals surface area contributed by atoms with Gasteiger partial charge in [0.1, 0.15) is 12.4 Å². The van der Waals surface area contributed by atoms with Crippen molar-refractivity contribution in [1.82, 2.24) is 9.80 Å². The molecule has 2 aromatic rings. The molecule has 2 aliphatic rings. The molecule has 1 aromatic heterocycles. The molecular weight excluding hydrogens is 358 g/mol. The van der Waals surface area contributed by atoms with Gasteiger partial charge in [-0.2, -0.15) is 0 Å². The minimum absolute atomic E-state index is 0.00570. The highest BCUT2D eigenvalue weighted by atomic mass is 32.1. The third-order valence-corrected chi connectivity index (χ3v) is 6.26. The van der Waals surface area contributed by atoms with Crippen molar-refractivity contribution in [2.75, 3.05) is 31.5 Å². The van der Waals surface area contributed by atoms with Crippen LogP contribution < -0.4 is 10.1 Å². The van der Waals surface area contributed by atoms with Crippen molar-refractivity contribution in [2.45, 2.75) is 38.3 Å². The maximum absolute atomic E-state index is 12.7. The summed E-state index contributed by atoms with van der Waals surface area (Å²) in [6, 6.07) is 12.3. The van der Waals surface area contributed by atoms with Gasteiger partial charge in [-0.05, 0) is 74.5 Å². The second-order valence-electron chi connectivity index (χ2n) is 7.31. The fourth-order valence-electron chi connectivity index (χ4n) is 3.93. The SMILES string of the molecule is O=C(Nc1ccc(OCc2cccs2)cc1)N1CCC[C@@H](N2CCCC2)C1. The normalized spacial score (nSPS) is 20.6. The molecule has 1 atom stereocenters. The van der Waals surface area contributed by atoms with Gasteiger partial charge in [-0.15, -0.1) is 11.3 Å². The van der Waals surface area contributed by atoms with Crippen LogP contribution >= 0.6 is 11.3 Å². The van der Waals surface area contributed by atoms with Crippen LogP contribution in [0, 0.1) is 0 Å². The highest BCUT2D eigenvalue weighted by Crippen LogP contribution is 2.22. The van der Waals surface area contributed by atoms with Crippen LogP contribution in [0.15, 0.2) is 41.8 Å². The first-order chi connectivity index (χ1) is 13.3. The number of piperidine rings is 1. The molecule has 2 amide bonds. The van der Waals surface area contributed by atoms with Gasteiger partial charge in [-0.3, -0.25) is 4.90 Å². The molecule has 4 rings (SSSR count). The summed E-state index contributed by atoms with van der Waals surface area (Å²) in [5, 5.41) is 5.08. The zero-order chi connectivity index (χ0) is 18.5. The maximum Gasteiger partial charge on any atom is 0.321 e. The molecule has 0 spiro atoms. The van der Waals surface area contributed by atoms with Gasteiger partial charge >= 0.3 is 6.03 Å². The number of urea groups is 1. The Morgan fingerprint density at radius 2 is 1.93 bits per heavy atom. The van der Waals surface area contributed by atoms with Crippen molar-refractivity contribution < 1.29 is 9.53 Å². The number of ether oxygens (including phenoxy) is 1. The average Bonchev–Trinajstić information content (AvgIpc) is 3.42. The van der Waals surface area contributed by atoms with Crippen molar-refractivity contribution in [3.05, 3.63) is 46.7 Å². The van der Waals surface area contributed by atoms with Crippen LogP contribution in [-0.4, -0.2) is 48.1 Å². The van der Waals surface area contributed by atoms with Gasteiger partial charge < -0.3 is 15.0 Å². The van der Waals surface area contributed by atoms with E-state index < -0.39 is 0 Å². The predicted molar refractivity (Wildman–Crippen MR) is 110 cm³/mol. The monoisotopic (exact) mass is 385 g/mol. The van der Waals surface area contributed by atoms with Crippen LogP contribution in [0.5, 0.6) is 5.75 Å². The summed E-state index contributed by atoms with van der Waals surface area (Å²) in [6.07, 6.45) is 4.89. The summed E-state index contributed by atoms with van der Waals surface area (Å²) >= 11 is 1.69. The molecule has 5 nitrogen and oxygen atoms in total. The zero-order valence-corrected chi connectivity index (χ0v) is 16.4. The predicted octanol–water partition coefficient (Wildman–Crippen LogP) is 4.42. The van der Waals surface area contributed by atoms with Gasteiger partial charge in [0.15, 0.2) is 0 Å². The Balaban J connectivity index is 1.28. The number of anilines is 1. The van der Waals surface area contributed by atoms with E-state index in [2.05, 4.69) is 16.3 Å². The Labute approximate surface area is 164 Å². The zero-order valence-electron chi connectivity index (χ0n) is 15.6. The summed E-state index contributed by atoms with van der Waals surface area (Å²) in [7, 11) is 0. The lowest BCUT2D eigenvalue weighted by Gasteiger charge is -2.37. The second kappa shape index (κ2) is 8.76. The fraction of sp³-hybridized carbons (Fsp3) is 0.476. The quantitative estimate of drug-likeness (QED) is 0.829. The van der Waals surface area contributed by atoms with E-state index in [0.717, 1.165) is 30.9 Å². The number of rotatable bonds is 5. The summed E-state index contributed by atoms with van der Waals surface area (Å²) in [6.45, 7) is 4.64. The minimum Gasteiger partial charge on any atom is -0.488 e. The van der Waals surface area contributed by atoms with E-state index in [1.165, 1.54) is 37.2 Å². The molecule has 27 heavy (non-hydrogen) atoms. The van der Waals surface area contributed by atoms with Crippen LogP contribution in [0.2, 0.25) is 0 Å². The largest absolute Gasteiger partial charge is 0.488 e. The maximum atomic E-state index is 12.7. The molecule has 144 valence electrons. The number of hydrogen-bond acceptors (Lipinski definition) is 4. The fourth-order valence-corrected chi connectivity index (χ4v) is 4.55. The summed E-state index contributed by atoms with van der Waals surface area (Å²) in [4.78, 5) is 18.4. The van der Waals surface area contributed by atoms with Crippen molar-refractivity contribution in [3.63, 3.8) is 0 Å².